The van der Waals surface area contributed by atoms with Crippen LogP contribution in [0.4, 0.5) is 5.82 Å². The van der Waals surface area contributed by atoms with Crippen molar-refractivity contribution in [2.75, 3.05) is 18.0 Å². The number of hydrogen-bond donors (Lipinski definition) is 0. The molecular weight excluding hydrogens is 188 g/mol. The molecule has 0 aromatic carbocycles. The van der Waals surface area contributed by atoms with Gasteiger partial charge in [0.05, 0.1) is 0 Å². The van der Waals surface area contributed by atoms with Crippen molar-refractivity contribution in [3.05, 3.63) is 23.9 Å². The Morgan fingerprint density at radius 3 is 2.73 bits per heavy atom. The second-order valence-corrected chi connectivity index (χ2v) is 4.90. The highest BCUT2D eigenvalue weighted by Gasteiger charge is 2.29. The van der Waals surface area contributed by atoms with Gasteiger partial charge < -0.3 is 4.90 Å². The molecule has 0 atom stereocenters. The Balaban J connectivity index is 2.14. The Morgan fingerprint density at radius 2 is 2.27 bits per heavy atom. The molecule has 0 N–H and O–H groups in total. The molecular formula is C12H16N2O. The topological polar surface area (TPSA) is 33.2 Å². The van der Waals surface area contributed by atoms with Crippen molar-refractivity contribution in [1.29, 1.82) is 0 Å². The lowest BCUT2D eigenvalue weighted by Crippen LogP contribution is -2.23. The van der Waals surface area contributed by atoms with Crippen LogP contribution in [0.25, 0.3) is 0 Å². The van der Waals surface area contributed by atoms with Gasteiger partial charge >= 0.3 is 0 Å². The minimum atomic E-state index is 0.380. The number of hydrogen-bond acceptors (Lipinski definition) is 3. The summed E-state index contributed by atoms with van der Waals surface area (Å²) < 4.78 is 0. The van der Waals surface area contributed by atoms with E-state index in [1.165, 1.54) is 6.42 Å². The van der Waals surface area contributed by atoms with Gasteiger partial charge in [-0.1, -0.05) is 13.8 Å². The van der Waals surface area contributed by atoms with Crippen LogP contribution in [0.1, 0.15) is 30.6 Å². The van der Waals surface area contributed by atoms with Crippen LogP contribution in [-0.4, -0.2) is 24.4 Å². The Morgan fingerprint density at radius 1 is 1.47 bits per heavy atom. The monoisotopic (exact) mass is 204 g/mol. The highest BCUT2D eigenvalue weighted by molar-refractivity contribution is 5.74. The maximum Gasteiger partial charge on any atom is 0.151 e. The fourth-order valence-corrected chi connectivity index (χ4v) is 1.96. The molecule has 2 heterocycles. The fraction of sp³-hybridized carbons (Fsp3) is 0.500. The summed E-state index contributed by atoms with van der Waals surface area (Å²) in [5.74, 6) is 0.978. The highest BCUT2D eigenvalue weighted by Crippen LogP contribution is 2.31. The molecule has 1 aromatic rings. The number of carbonyl (C=O) groups is 1. The van der Waals surface area contributed by atoms with E-state index in [1.807, 2.05) is 12.1 Å². The van der Waals surface area contributed by atoms with Gasteiger partial charge in [-0.3, -0.25) is 4.79 Å². The molecule has 0 saturated carbocycles. The van der Waals surface area contributed by atoms with Crippen LogP contribution in [-0.2, 0) is 0 Å². The summed E-state index contributed by atoms with van der Waals surface area (Å²) in [5, 5.41) is 0. The van der Waals surface area contributed by atoms with E-state index in [1.54, 1.807) is 6.20 Å². The third-order valence-electron chi connectivity index (χ3n) is 2.91. The Kier molecular flexibility index (Phi) is 2.47. The van der Waals surface area contributed by atoms with Crippen molar-refractivity contribution in [1.82, 2.24) is 4.98 Å². The van der Waals surface area contributed by atoms with Gasteiger partial charge in [-0.15, -0.1) is 0 Å². The zero-order valence-electron chi connectivity index (χ0n) is 9.23. The van der Waals surface area contributed by atoms with Crippen LogP contribution < -0.4 is 4.90 Å². The summed E-state index contributed by atoms with van der Waals surface area (Å²) in [7, 11) is 0. The van der Waals surface area contributed by atoms with Crippen molar-refractivity contribution in [2.24, 2.45) is 5.41 Å². The summed E-state index contributed by atoms with van der Waals surface area (Å²) >= 11 is 0. The first-order valence-electron chi connectivity index (χ1n) is 5.27. The van der Waals surface area contributed by atoms with Crippen molar-refractivity contribution < 1.29 is 4.79 Å². The Labute approximate surface area is 90.1 Å². The van der Waals surface area contributed by atoms with Gasteiger partial charge in [0.2, 0.25) is 0 Å². The first-order valence-corrected chi connectivity index (χ1v) is 5.27. The lowest BCUT2D eigenvalue weighted by atomic mass is 9.93. The van der Waals surface area contributed by atoms with Gasteiger partial charge in [-0.05, 0) is 24.0 Å². The summed E-state index contributed by atoms with van der Waals surface area (Å²) in [6.45, 7) is 6.64. The fourth-order valence-electron chi connectivity index (χ4n) is 1.96. The molecule has 2 rings (SSSR count). The molecule has 80 valence electrons. The first kappa shape index (κ1) is 10.1. The molecule has 3 nitrogen and oxygen atoms in total. The van der Waals surface area contributed by atoms with E-state index >= 15 is 0 Å². The average molecular weight is 204 g/mol. The zero-order chi connectivity index (χ0) is 10.9. The van der Waals surface area contributed by atoms with Gasteiger partial charge in [0, 0.05) is 24.8 Å². The molecule has 0 aliphatic carbocycles. The maximum absolute atomic E-state index is 10.5. The maximum atomic E-state index is 10.5. The standard InChI is InChI=1S/C12H16N2O/c1-12(2)5-6-14(9-12)11-4-3-10(8-15)7-13-11/h3-4,7-8H,5-6,9H2,1-2H3. The van der Waals surface area contributed by atoms with Crippen LogP contribution in [0.5, 0.6) is 0 Å². The first-order chi connectivity index (χ1) is 7.11. The van der Waals surface area contributed by atoms with Gasteiger partial charge in [0.15, 0.2) is 6.29 Å². The number of aldehydes is 1. The molecule has 0 bridgehead atoms. The summed E-state index contributed by atoms with van der Waals surface area (Å²) in [6.07, 6.45) is 3.66. The number of rotatable bonds is 2. The lowest BCUT2D eigenvalue weighted by Gasteiger charge is -2.20. The van der Waals surface area contributed by atoms with Gasteiger partial charge in [0.25, 0.3) is 0 Å². The van der Waals surface area contributed by atoms with Crippen LogP contribution in [0, 0.1) is 5.41 Å². The lowest BCUT2D eigenvalue weighted by molar-refractivity contribution is 0.112. The van der Waals surface area contributed by atoms with E-state index in [0.717, 1.165) is 25.2 Å². The molecule has 15 heavy (non-hydrogen) atoms. The molecule has 0 amide bonds. The van der Waals surface area contributed by atoms with Crippen LogP contribution >= 0.6 is 0 Å². The second kappa shape index (κ2) is 3.65. The number of nitrogens with zero attached hydrogens (tertiary/aromatic N) is 2. The van der Waals surface area contributed by atoms with Crippen molar-refractivity contribution in [3.8, 4) is 0 Å². The molecule has 1 saturated heterocycles. The normalized spacial score (nSPS) is 19.2. The second-order valence-electron chi connectivity index (χ2n) is 4.90. The molecule has 1 aliphatic heterocycles. The van der Waals surface area contributed by atoms with Gasteiger partial charge in [-0.25, -0.2) is 4.98 Å². The summed E-state index contributed by atoms with van der Waals surface area (Å²) in [5.41, 5.74) is 1.02. The highest BCUT2D eigenvalue weighted by atomic mass is 16.1. The summed E-state index contributed by atoms with van der Waals surface area (Å²) in [6, 6.07) is 3.74. The third kappa shape index (κ3) is 2.17. The van der Waals surface area contributed by atoms with Crippen molar-refractivity contribution >= 4 is 12.1 Å². The molecule has 0 spiro atoms. The molecule has 0 unspecified atom stereocenters. The van der Waals surface area contributed by atoms with E-state index in [9.17, 15) is 4.79 Å². The van der Waals surface area contributed by atoms with Gasteiger partial charge in [-0.2, -0.15) is 0 Å². The predicted octanol–water partition coefficient (Wildman–Crippen LogP) is 2.13. The Bertz CT molecular complexity index is 356. The van der Waals surface area contributed by atoms with E-state index in [0.29, 0.717) is 11.0 Å². The zero-order valence-corrected chi connectivity index (χ0v) is 9.23. The third-order valence-corrected chi connectivity index (χ3v) is 2.91. The number of pyridine rings is 1. The molecule has 3 heteroatoms. The van der Waals surface area contributed by atoms with Crippen LogP contribution in [0.3, 0.4) is 0 Å². The summed E-state index contributed by atoms with van der Waals surface area (Å²) in [4.78, 5) is 17.1. The van der Waals surface area contributed by atoms with E-state index in [4.69, 9.17) is 0 Å². The molecule has 1 fully saturated rings. The quantitative estimate of drug-likeness (QED) is 0.692. The Hall–Kier alpha value is -1.38. The number of aromatic nitrogens is 1. The van der Waals surface area contributed by atoms with E-state index < -0.39 is 0 Å². The van der Waals surface area contributed by atoms with Crippen LogP contribution in [0.15, 0.2) is 18.3 Å². The largest absolute Gasteiger partial charge is 0.356 e. The SMILES string of the molecule is CC1(C)CCN(c2ccc(C=O)cn2)C1. The predicted molar refractivity (Wildman–Crippen MR) is 60.2 cm³/mol. The van der Waals surface area contributed by atoms with E-state index in [2.05, 4.69) is 23.7 Å². The smallest absolute Gasteiger partial charge is 0.151 e. The van der Waals surface area contributed by atoms with Crippen molar-refractivity contribution in [2.45, 2.75) is 20.3 Å². The minimum Gasteiger partial charge on any atom is -0.356 e. The number of carbonyl (C=O) groups excluding carboxylic acids is 1. The average Bonchev–Trinajstić information content (AvgIpc) is 2.59. The van der Waals surface area contributed by atoms with Crippen molar-refractivity contribution in [3.63, 3.8) is 0 Å². The molecule has 1 aromatic heterocycles. The minimum absolute atomic E-state index is 0.380. The van der Waals surface area contributed by atoms with Crippen LogP contribution in [0.2, 0.25) is 0 Å². The molecule has 1 aliphatic rings. The number of anilines is 1. The molecule has 0 radical (unpaired) electrons. The van der Waals surface area contributed by atoms with Gasteiger partial charge in [0.1, 0.15) is 5.82 Å². The van der Waals surface area contributed by atoms with E-state index in [-0.39, 0.29) is 0 Å².